The maximum Gasteiger partial charge on any atom is 0.255 e. The predicted molar refractivity (Wildman–Crippen MR) is 109 cm³/mol. The van der Waals surface area contributed by atoms with Crippen LogP contribution >= 0.6 is 0 Å². The van der Waals surface area contributed by atoms with Gasteiger partial charge in [0.25, 0.3) is 5.91 Å². The molecule has 0 radical (unpaired) electrons. The lowest BCUT2D eigenvalue weighted by Crippen LogP contribution is -2.12. The monoisotopic (exact) mass is 361 g/mol. The Kier molecular flexibility index (Phi) is 6.05. The van der Waals surface area contributed by atoms with Crippen LogP contribution in [0.1, 0.15) is 29.8 Å². The fourth-order valence-electron chi connectivity index (χ4n) is 2.62. The van der Waals surface area contributed by atoms with Gasteiger partial charge in [0.15, 0.2) is 0 Å². The molecule has 3 rings (SSSR count). The first-order valence-corrected chi connectivity index (χ1v) is 9.04. The molecule has 3 aromatic rings. The van der Waals surface area contributed by atoms with E-state index in [4.69, 9.17) is 4.74 Å². The molecule has 0 aliphatic heterocycles. The highest BCUT2D eigenvalue weighted by Crippen LogP contribution is 2.20. The lowest BCUT2D eigenvalue weighted by Gasteiger charge is -2.09. The summed E-state index contributed by atoms with van der Waals surface area (Å²) < 4.78 is 5.44. The fourth-order valence-corrected chi connectivity index (χ4v) is 2.62. The number of carbonyl (C=O) groups excluding carboxylic acids is 1. The number of carbonyl (C=O) groups is 1. The van der Waals surface area contributed by atoms with Gasteiger partial charge in [-0.1, -0.05) is 19.1 Å². The summed E-state index contributed by atoms with van der Waals surface area (Å²) in [5, 5.41) is 6.11. The molecule has 0 saturated carbocycles. The maximum absolute atomic E-state index is 12.5. The maximum atomic E-state index is 12.5. The van der Waals surface area contributed by atoms with Crippen LogP contribution in [0.4, 0.5) is 17.2 Å². The van der Waals surface area contributed by atoms with E-state index in [0.717, 1.165) is 23.5 Å². The number of aromatic nitrogens is 1. The van der Waals surface area contributed by atoms with E-state index in [2.05, 4.69) is 22.5 Å². The highest BCUT2D eigenvalue weighted by molar-refractivity contribution is 6.04. The smallest absolute Gasteiger partial charge is 0.255 e. The molecule has 0 spiro atoms. The minimum atomic E-state index is -0.170. The van der Waals surface area contributed by atoms with Crippen molar-refractivity contribution >= 4 is 23.1 Å². The molecule has 0 aliphatic rings. The van der Waals surface area contributed by atoms with Gasteiger partial charge in [0.1, 0.15) is 11.6 Å². The Bertz CT molecular complexity index is 890. The van der Waals surface area contributed by atoms with Crippen LogP contribution in [0.25, 0.3) is 0 Å². The molecule has 0 bridgehead atoms. The predicted octanol–water partition coefficient (Wildman–Crippen LogP) is 5.04. The summed E-state index contributed by atoms with van der Waals surface area (Å²) in [5.74, 6) is 1.25. The Hall–Kier alpha value is -3.34. The van der Waals surface area contributed by atoms with Crippen LogP contribution in [0.3, 0.4) is 0 Å². The van der Waals surface area contributed by atoms with Crippen molar-refractivity contribution in [2.24, 2.45) is 0 Å². The number of rotatable bonds is 7. The van der Waals surface area contributed by atoms with Gasteiger partial charge in [-0.3, -0.25) is 4.79 Å². The van der Waals surface area contributed by atoms with Crippen LogP contribution < -0.4 is 15.4 Å². The van der Waals surface area contributed by atoms with Gasteiger partial charge in [-0.25, -0.2) is 4.98 Å². The summed E-state index contributed by atoms with van der Waals surface area (Å²) in [5.41, 5.74) is 3.42. The molecule has 2 N–H and O–H groups in total. The van der Waals surface area contributed by atoms with Crippen LogP contribution in [0.15, 0.2) is 66.9 Å². The van der Waals surface area contributed by atoms with Crippen LogP contribution in [0, 0.1) is 0 Å². The molecule has 1 amide bonds. The molecule has 0 unspecified atom stereocenters. The van der Waals surface area contributed by atoms with Crippen molar-refractivity contribution in [3.63, 3.8) is 0 Å². The van der Waals surface area contributed by atoms with E-state index in [1.54, 1.807) is 18.3 Å². The van der Waals surface area contributed by atoms with E-state index in [1.165, 1.54) is 5.56 Å². The molecule has 0 aliphatic carbocycles. The Morgan fingerprint density at radius 3 is 2.33 bits per heavy atom. The number of ether oxygens (including phenoxy) is 1. The van der Waals surface area contributed by atoms with Crippen molar-refractivity contribution < 1.29 is 9.53 Å². The topological polar surface area (TPSA) is 63.2 Å². The van der Waals surface area contributed by atoms with Gasteiger partial charge in [0.05, 0.1) is 6.61 Å². The van der Waals surface area contributed by atoms with Crippen molar-refractivity contribution in [2.45, 2.75) is 20.3 Å². The lowest BCUT2D eigenvalue weighted by molar-refractivity contribution is 0.102. The molecule has 0 fully saturated rings. The van der Waals surface area contributed by atoms with Crippen molar-refractivity contribution in [3.8, 4) is 5.75 Å². The summed E-state index contributed by atoms with van der Waals surface area (Å²) in [7, 11) is 0. The van der Waals surface area contributed by atoms with E-state index in [9.17, 15) is 4.79 Å². The number of nitrogens with one attached hydrogen (secondary N) is 2. The normalized spacial score (nSPS) is 10.3. The van der Waals surface area contributed by atoms with Gasteiger partial charge >= 0.3 is 0 Å². The van der Waals surface area contributed by atoms with E-state index in [0.29, 0.717) is 18.0 Å². The molecule has 138 valence electrons. The Labute approximate surface area is 159 Å². The molecular weight excluding hydrogens is 338 g/mol. The molecule has 0 atom stereocenters. The number of benzene rings is 2. The first-order valence-electron chi connectivity index (χ1n) is 9.04. The first-order chi connectivity index (χ1) is 13.2. The van der Waals surface area contributed by atoms with Crippen molar-refractivity contribution in [1.29, 1.82) is 0 Å². The fraction of sp³-hybridized carbons (Fsp3) is 0.182. The van der Waals surface area contributed by atoms with Crippen molar-refractivity contribution in [3.05, 3.63) is 78.0 Å². The minimum Gasteiger partial charge on any atom is -0.494 e. The molecule has 0 saturated heterocycles. The number of aryl methyl sites for hydroxylation is 1. The van der Waals surface area contributed by atoms with Gasteiger partial charge in [0, 0.05) is 23.1 Å². The summed E-state index contributed by atoms with van der Waals surface area (Å²) in [6.07, 6.45) is 2.59. The number of nitrogens with zero attached hydrogens (tertiary/aromatic N) is 1. The Balaban J connectivity index is 1.67. The molecular formula is C22H23N3O2. The van der Waals surface area contributed by atoms with Gasteiger partial charge in [-0.2, -0.15) is 0 Å². The summed E-state index contributed by atoms with van der Waals surface area (Å²) >= 11 is 0. The second-order valence-corrected chi connectivity index (χ2v) is 6.02. The molecule has 1 heterocycles. The van der Waals surface area contributed by atoms with Crippen LogP contribution in [0.2, 0.25) is 0 Å². The highest BCUT2D eigenvalue weighted by Gasteiger charge is 2.08. The lowest BCUT2D eigenvalue weighted by atomic mass is 10.1. The van der Waals surface area contributed by atoms with Crippen LogP contribution in [-0.2, 0) is 6.42 Å². The van der Waals surface area contributed by atoms with Crippen LogP contribution in [0.5, 0.6) is 5.75 Å². The highest BCUT2D eigenvalue weighted by atomic mass is 16.5. The van der Waals surface area contributed by atoms with Crippen molar-refractivity contribution in [1.82, 2.24) is 4.98 Å². The van der Waals surface area contributed by atoms with Gasteiger partial charge in [-0.05, 0) is 67.4 Å². The van der Waals surface area contributed by atoms with Crippen LogP contribution in [-0.4, -0.2) is 17.5 Å². The molecule has 5 heteroatoms. The Morgan fingerprint density at radius 1 is 0.963 bits per heavy atom. The zero-order valence-electron chi connectivity index (χ0n) is 15.5. The number of hydrogen-bond acceptors (Lipinski definition) is 4. The minimum absolute atomic E-state index is 0.170. The van der Waals surface area contributed by atoms with Crippen molar-refractivity contribution in [2.75, 3.05) is 17.2 Å². The van der Waals surface area contributed by atoms with Gasteiger partial charge < -0.3 is 15.4 Å². The summed E-state index contributed by atoms with van der Waals surface area (Å²) in [6, 6.07) is 18.9. The number of amides is 1. The third-order valence-electron chi connectivity index (χ3n) is 4.08. The van der Waals surface area contributed by atoms with Gasteiger partial charge in [0.2, 0.25) is 0 Å². The summed E-state index contributed by atoms with van der Waals surface area (Å²) in [6.45, 7) is 4.68. The number of pyridine rings is 1. The molecule has 2 aromatic carbocycles. The average Bonchev–Trinajstić information content (AvgIpc) is 2.70. The molecule has 27 heavy (non-hydrogen) atoms. The summed E-state index contributed by atoms with van der Waals surface area (Å²) in [4.78, 5) is 16.8. The SMILES string of the molecule is CCOc1ccc(Nc2cc(C(=O)Nc3ccc(CC)cc3)ccn2)cc1. The van der Waals surface area contributed by atoms with E-state index in [-0.39, 0.29) is 5.91 Å². The number of hydrogen-bond donors (Lipinski definition) is 2. The zero-order chi connectivity index (χ0) is 19.1. The van der Waals surface area contributed by atoms with E-state index >= 15 is 0 Å². The third-order valence-corrected chi connectivity index (χ3v) is 4.08. The second kappa shape index (κ2) is 8.85. The first kappa shape index (κ1) is 18.5. The standard InChI is InChI=1S/C22H23N3O2/c1-3-16-5-7-19(8-6-16)25-22(26)17-13-14-23-21(15-17)24-18-9-11-20(12-10-18)27-4-2/h5-15H,3-4H2,1-2H3,(H,23,24)(H,25,26). The quantitative estimate of drug-likeness (QED) is 0.619. The molecule has 1 aromatic heterocycles. The number of anilines is 3. The zero-order valence-corrected chi connectivity index (χ0v) is 15.5. The third kappa shape index (κ3) is 5.07. The average molecular weight is 361 g/mol. The largest absolute Gasteiger partial charge is 0.494 e. The van der Waals surface area contributed by atoms with E-state index < -0.39 is 0 Å². The molecule has 5 nitrogen and oxygen atoms in total. The Morgan fingerprint density at radius 2 is 1.67 bits per heavy atom. The second-order valence-electron chi connectivity index (χ2n) is 6.02. The van der Waals surface area contributed by atoms with Gasteiger partial charge in [-0.15, -0.1) is 0 Å². The van der Waals surface area contributed by atoms with E-state index in [1.807, 2.05) is 55.5 Å².